The predicted molar refractivity (Wildman–Crippen MR) is 82.5 cm³/mol. The third kappa shape index (κ3) is 2.04. The lowest BCUT2D eigenvalue weighted by Gasteiger charge is -2.11. The van der Waals surface area contributed by atoms with Crippen LogP contribution in [-0.4, -0.2) is 22.6 Å². The number of benzene rings is 1. The Labute approximate surface area is 118 Å². The van der Waals surface area contributed by atoms with Crippen molar-refractivity contribution in [2.45, 2.75) is 26.0 Å². The molecule has 4 heteroatoms. The van der Waals surface area contributed by atoms with Crippen LogP contribution in [0.2, 0.25) is 0 Å². The number of nitrogens with zero attached hydrogens (tertiary/aromatic N) is 2. The lowest BCUT2D eigenvalue weighted by atomic mass is 10.1. The van der Waals surface area contributed by atoms with Gasteiger partial charge < -0.3 is 5.32 Å². The average Bonchev–Trinajstić information content (AvgIpc) is 2.97. The lowest BCUT2D eigenvalue weighted by molar-refractivity contribution is 0.846. The normalized spacial score (nSPS) is 13.4. The molecule has 0 radical (unpaired) electrons. The summed E-state index contributed by atoms with van der Waals surface area (Å²) in [4.78, 5) is 0. The van der Waals surface area contributed by atoms with E-state index in [-0.39, 0.29) is 0 Å². The van der Waals surface area contributed by atoms with Crippen LogP contribution in [0.15, 0.2) is 18.2 Å². The van der Waals surface area contributed by atoms with Crippen LogP contribution in [0.5, 0.6) is 0 Å². The molecule has 0 bridgehead atoms. The molecule has 1 aliphatic rings. The maximum Gasteiger partial charge on any atom is 0.133 e. The first-order chi connectivity index (χ1) is 9.22. The molecule has 0 saturated carbocycles. The van der Waals surface area contributed by atoms with Gasteiger partial charge in [0.25, 0.3) is 0 Å². The minimum atomic E-state index is 0.988. The molecular weight excluding hydrogens is 254 g/mol. The fourth-order valence-electron chi connectivity index (χ4n) is 2.64. The maximum atomic E-state index is 4.83. The number of thioether (sulfide) groups is 1. The van der Waals surface area contributed by atoms with Crippen molar-refractivity contribution in [1.82, 2.24) is 9.78 Å². The Morgan fingerprint density at radius 1 is 1.37 bits per heavy atom. The van der Waals surface area contributed by atoms with E-state index in [9.17, 15) is 0 Å². The molecule has 0 aliphatic carbocycles. The number of anilines is 1. The summed E-state index contributed by atoms with van der Waals surface area (Å²) in [5.41, 5.74) is 6.44. The van der Waals surface area contributed by atoms with Crippen LogP contribution in [0, 0.1) is 13.8 Å². The van der Waals surface area contributed by atoms with Crippen molar-refractivity contribution in [1.29, 1.82) is 0 Å². The van der Waals surface area contributed by atoms with Crippen molar-refractivity contribution in [2.24, 2.45) is 0 Å². The van der Waals surface area contributed by atoms with Gasteiger partial charge in [0, 0.05) is 17.9 Å². The number of fused-ring (bicyclic) bond motifs is 1. The Kier molecular flexibility index (Phi) is 3.27. The zero-order valence-electron chi connectivity index (χ0n) is 11.7. The number of aromatic nitrogens is 2. The SMILES string of the molecule is CSCc1nn(-c2cccc(C)c2C)c2c1CCN2. The van der Waals surface area contributed by atoms with E-state index in [4.69, 9.17) is 5.10 Å². The first-order valence-corrected chi connectivity index (χ1v) is 8.02. The van der Waals surface area contributed by atoms with Crippen molar-refractivity contribution < 1.29 is 0 Å². The van der Waals surface area contributed by atoms with E-state index >= 15 is 0 Å². The van der Waals surface area contributed by atoms with E-state index in [1.807, 2.05) is 11.8 Å². The first-order valence-electron chi connectivity index (χ1n) is 6.62. The van der Waals surface area contributed by atoms with E-state index in [0.29, 0.717) is 0 Å². The van der Waals surface area contributed by atoms with Gasteiger partial charge in [0.05, 0.1) is 11.4 Å². The Balaban J connectivity index is 2.15. The molecule has 0 amide bonds. The summed E-state index contributed by atoms with van der Waals surface area (Å²) in [5.74, 6) is 2.18. The van der Waals surface area contributed by atoms with Crippen molar-refractivity contribution >= 4 is 17.6 Å². The number of hydrogen-bond acceptors (Lipinski definition) is 3. The van der Waals surface area contributed by atoms with Gasteiger partial charge in [-0.15, -0.1) is 0 Å². The molecule has 0 atom stereocenters. The Bertz CT molecular complexity index is 616. The monoisotopic (exact) mass is 273 g/mol. The second-order valence-corrected chi connectivity index (χ2v) is 5.88. The highest BCUT2D eigenvalue weighted by Gasteiger charge is 2.23. The van der Waals surface area contributed by atoms with Gasteiger partial charge in [-0.1, -0.05) is 12.1 Å². The molecule has 0 fully saturated rings. The lowest BCUT2D eigenvalue weighted by Crippen LogP contribution is -2.06. The van der Waals surface area contributed by atoms with Gasteiger partial charge in [-0.05, 0) is 43.7 Å². The third-order valence-electron chi connectivity index (χ3n) is 3.82. The second kappa shape index (κ2) is 4.93. The molecular formula is C15H19N3S. The van der Waals surface area contributed by atoms with Crippen LogP contribution in [0.4, 0.5) is 5.82 Å². The number of nitrogens with one attached hydrogen (secondary N) is 1. The molecule has 0 unspecified atom stereocenters. The Morgan fingerprint density at radius 2 is 2.21 bits per heavy atom. The summed E-state index contributed by atoms with van der Waals surface area (Å²) in [6.07, 6.45) is 3.22. The van der Waals surface area contributed by atoms with Crippen molar-refractivity contribution in [2.75, 3.05) is 18.1 Å². The third-order valence-corrected chi connectivity index (χ3v) is 4.38. The molecule has 1 aliphatic heterocycles. The van der Waals surface area contributed by atoms with Crippen molar-refractivity contribution in [3.05, 3.63) is 40.6 Å². The zero-order chi connectivity index (χ0) is 13.4. The molecule has 1 aromatic carbocycles. The van der Waals surface area contributed by atoms with Gasteiger partial charge in [-0.25, -0.2) is 4.68 Å². The van der Waals surface area contributed by atoms with Crippen LogP contribution in [-0.2, 0) is 12.2 Å². The van der Waals surface area contributed by atoms with Crippen molar-refractivity contribution in [3.8, 4) is 5.69 Å². The van der Waals surface area contributed by atoms with Crippen LogP contribution in [0.1, 0.15) is 22.4 Å². The molecule has 1 aromatic heterocycles. The van der Waals surface area contributed by atoms with Crippen LogP contribution in [0.3, 0.4) is 0 Å². The quantitative estimate of drug-likeness (QED) is 0.930. The van der Waals surface area contributed by atoms with Gasteiger partial charge in [-0.3, -0.25) is 0 Å². The zero-order valence-corrected chi connectivity index (χ0v) is 12.5. The Morgan fingerprint density at radius 3 is 3.00 bits per heavy atom. The highest BCUT2D eigenvalue weighted by Crippen LogP contribution is 2.31. The summed E-state index contributed by atoms with van der Waals surface area (Å²) < 4.78 is 2.09. The minimum Gasteiger partial charge on any atom is -0.369 e. The fourth-order valence-corrected chi connectivity index (χ4v) is 3.14. The molecule has 2 heterocycles. The van der Waals surface area contributed by atoms with Gasteiger partial charge in [0.15, 0.2) is 0 Å². The van der Waals surface area contributed by atoms with Gasteiger partial charge in [0.2, 0.25) is 0 Å². The van der Waals surface area contributed by atoms with Gasteiger partial charge >= 0.3 is 0 Å². The topological polar surface area (TPSA) is 29.9 Å². The van der Waals surface area contributed by atoms with E-state index in [1.165, 1.54) is 33.9 Å². The van der Waals surface area contributed by atoms with Gasteiger partial charge in [0.1, 0.15) is 5.82 Å². The Hall–Kier alpha value is -1.42. The van der Waals surface area contributed by atoms with Crippen LogP contribution >= 0.6 is 11.8 Å². The summed E-state index contributed by atoms with van der Waals surface area (Å²) in [6.45, 7) is 5.35. The van der Waals surface area contributed by atoms with Crippen LogP contribution in [0.25, 0.3) is 5.69 Å². The van der Waals surface area contributed by atoms with E-state index in [2.05, 4.69) is 48.3 Å². The highest BCUT2D eigenvalue weighted by molar-refractivity contribution is 7.97. The molecule has 100 valence electrons. The first kappa shape index (κ1) is 12.6. The maximum absolute atomic E-state index is 4.83. The number of hydrogen-bond donors (Lipinski definition) is 1. The summed E-state index contributed by atoms with van der Waals surface area (Å²) in [6, 6.07) is 6.41. The van der Waals surface area contributed by atoms with Crippen molar-refractivity contribution in [3.63, 3.8) is 0 Å². The molecule has 0 saturated heterocycles. The number of rotatable bonds is 3. The molecule has 2 aromatic rings. The molecule has 3 nitrogen and oxygen atoms in total. The van der Waals surface area contributed by atoms with Gasteiger partial charge in [-0.2, -0.15) is 16.9 Å². The molecule has 0 spiro atoms. The van der Waals surface area contributed by atoms with E-state index < -0.39 is 0 Å². The minimum absolute atomic E-state index is 0.988. The summed E-state index contributed by atoms with van der Waals surface area (Å²) >= 11 is 1.83. The molecule has 1 N–H and O–H groups in total. The van der Waals surface area contributed by atoms with E-state index in [0.717, 1.165) is 18.7 Å². The highest BCUT2D eigenvalue weighted by atomic mass is 32.2. The number of aryl methyl sites for hydroxylation is 1. The summed E-state index contributed by atoms with van der Waals surface area (Å²) in [7, 11) is 0. The molecule has 3 rings (SSSR count). The smallest absolute Gasteiger partial charge is 0.133 e. The fraction of sp³-hybridized carbons (Fsp3) is 0.400. The predicted octanol–water partition coefficient (Wildman–Crippen LogP) is 3.32. The standard InChI is InChI=1S/C15H19N3S/c1-10-5-4-6-14(11(10)2)18-15-12(7-8-16-15)13(17-18)9-19-3/h4-6,16H,7-9H2,1-3H3. The molecule has 19 heavy (non-hydrogen) atoms. The largest absolute Gasteiger partial charge is 0.369 e. The average molecular weight is 273 g/mol. The van der Waals surface area contributed by atoms with E-state index in [1.54, 1.807) is 0 Å². The van der Waals surface area contributed by atoms with Crippen LogP contribution < -0.4 is 5.32 Å². The second-order valence-electron chi connectivity index (χ2n) is 5.01. The summed E-state index contributed by atoms with van der Waals surface area (Å²) in [5, 5.41) is 8.31.